The Labute approximate surface area is 129 Å². The van der Waals surface area contributed by atoms with E-state index in [0.717, 1.165) is 6.42 Å². The van der Waals surface area contributed by atoms with Crippen molar-refractivity contribution in [3.05, 3.63) is 53.9 Å². The Balaban J connectivity index is 1.88. The predicted molar refractivity (Wildman–Crippen MR) is 83.5 cm³/mol. The van der Waals surface area contributed by atoms with Gasteiger partial charge in [0, 0.05) is 5.56 Å². The molecule has 0 spiro atoms. The highest BCUT2D eigenvalue weighted by atomic mass is 19.1. The molecule has 2 nitrogen and oxygen atoms in total. The normalized spacial score (nSPS) is 28.4. The molecule has 0 N–H and O–H groups in total. The number of rotatable bonds is 4. The molecule has 2 aliphatic rings. The summed E-state index contributed by atoms with van der Waals surface area (Å²) in [5, 5.41) is 0. The fourth-order valence-electron chi connectivity index (χ4n) is 4.14. The van der Waals surface area contributed by atoms with Gasteiger partial charge in [-0.05, 0) is 44.1 Å². The van der Waals surface area contributed by atoms with Crippen molar-refractivity contribution >= 4 is 17.6 Å². The molecule has 0 bridgehead atoms. The fourth-order valence-corrected chi connectivity index (χ4v) is 4.14. The number of allylic oxidation sites excluding steroid dienone is 3. The van der Waals surface area contributed by atoms with Crippen molar-refractivity contribution in [1.29, 1.82) is 0 Å². The van der Waals surface area contributed by atoms with Gasteiger partial charge in [-0.1, -0.05) is 42.5 Å². The van der Waals surface area contributed by atoms with E-state index in [1.807, 2.05) is 18.2 Å². The van der Waals surface area contributed by atoms with Crippen molar-refractivity contribution in [2.45, 2.75) is 20.3 Å². The molecule has 114 valence electrons. The van der Waals surface area contributed by atoms with Crippen LogP contribution in [0.1, 0.15) is 25.8 Å². The molecular formula is C19H19FO2. The van der Waals surface area contributed by atoms with Crippen LogP contribution in [0.15, 0.2) is 42.5 Å². The molecule has 1 saturated carbocycles. The summed E-state index contributed by atoms with van der Waals surface area (Å²) in [6.07, 6.45) is 8.50. The summed E-state index contributed by atoms with van der Waals surface area (Å²) in [4.78, 5) is 24.2. The molecule has 0 heterocycles. The van der Waals surface area contributed by atoms with Crippen LogP contribution >= 0.6 is 0 Å². The van der Waals surface area contributed by atoms with Crippen molar-refractivity contribution in [1.82, 2.24) is 0 Å². The molecule has 1 fully saturated rings. The highest BCUT2D eigenvalue weighted by Crippen LogP contribution is 2.67. The molecule has 0 aliphatic heterocycles. The van der Waals surface area contributed by atoms with Crippen LogP contribution in [0.3, 0.4) is 0 Å². The number of hydrogen-bond acceptors (Lipinski definition) is 2. The molecule has 0 aromatic heterocycles. The molecule has 0 saturated heterocycles. The van der Waals surface area contributed by atoms with Crippen LogP contribution in [-0.4, -0.2) is 11.6 Å². The minimum Gasteiger partial charge on any atom is -0.299 e. The Kier molecular flexibility index (Phi) is 3.59. The lowest BCUT2D eigenvalue weighted by molar-refractivity contribution is -0.133. The lowest BCUT2D eigenvalue weighted by atomic mass is 9.88. The maximum absolute atomic E-state index is 13.7. The van der Waals surface area contributed by atoms with E-state index in [1.165, 1.54) is 19.9 Å². The summed E-state index contributed by atoms with van der Waals surface area (Å²) in [7, 11) is 0. The highest BCUT2D eigenvalue weighted by Gasteiger charge is 2.72. The summed E-state index contributed by atoms with van der Waals surface area (Å²) >= 11 is 0. The van der Waals surface area contributed by atoms with Crippen LogP contribution in [0.4, 0.5) is 4.39 Å². The summed E-state index contributed by atoms with van der Waals surface area (Å²) in [6.45, 7) is 3.02. The monoisotopic (exact) mass is 298 g/mol. The first-order valence-corrected chi connectivity index (χ1v) is 7.61. The first-order valence-electron chi connectivity index (χ1n) is 7.61. The van der Waals surface area contributed by atoms with Crippen LogP contribution in [0.25, 0.3) is 6.08 Å². The number of halogens is 1. The smallest absolute Gasteiger partial charge is 0.143 e. The Hall–Kier alpha value is -2.03. The van der Waals surface area contributed by atoms with Crippen molar-refractivity contribution in [2.24, 2.45) is 23.2 Å². The second-order valence-corrected chi connectivity index (χ2v) is 6.24. The zero-order valence-corrected chi connectivity index (χ0v) is 12.8. The first kappa shape index (κ1) is 14.9. The number of ketones is 2. The summed E-state index contributed by atoms with van der Waals surface area (Å²) in [5.41, 5.74) is -0.303. The van der Waals surface area contributed by atoms with Gasteiger partial charge in [-0.3, -0.25) is 9.59 Å². The van der Waals surface area contributed by atoms with Crippen LogP contribution < -0.4 is 0 Å². The van der Waals surface area contributed by atoms with E-state index in [-0.39, 0.29) is 35.1 Å². The Morgan fingerprint density at radius 2 is 1.91 bits per heavy atom. The predicted octanol–water partition coefficient (Wildman–Crippen LogP) is 3.83. The topological polar surface area (TPSA) is 34.1 Å². The molecule has 1 aromatic carbocycles. The summed E-state index contributed by atoms with van der Waals surface area (Å²) < 4.78 is 13.7. The van der Waals surface area contributed by atoms with Crippen LogP contribution in [-0.2, 0) is 9.59 Å². The molecule has 2 aliphatic carbocycles. The van der Waals surface area contributed by atoms with E-state index in [0.29, 0.717) is 5.56 Å². The van der Waals surface area contributed by atoms with E-state index in [9.17, 15) is 14.0 Å². The number of fused-ring (bicyclic) bond motifs is 1. The van der Waals surface area contributed by atoms with Gasteiger partial charge in [0.25, 0.3) is 0 Å². The summed E-state index contributed by atoms with van der Waals surface area (Å²) in [5.74, 6) is -0.217. The Morgan fingerprint density at radius 3 is 2.55 bits per heavy atom. The van der Waals surface area contributed by atoms with E-state index in [2.05, 4.69) is 0 Å². The van der Waals surface area contributed by atoms with E-state index < -0.39 is 5.41 Å². The van der Waals surface area contributed by atoms with Crippen molar-refractivity contribution in [3.8, 4) is 0 Å². The van der Waals surface area contributed by atoms with Crippen molar-refractivity contribution in [3.63, 3.8) is 0 Å². The van der Waals surface area contributed by atoms with E-state index in [4.69, 9.17) is 0 Å². The number of Topliss-reactive ketones (excluding diaryl/α,β-unsaturated/α-hetero) is 2. The van der Waals surface area contributed by atoms with Crippen LogP contribution in [0.5, 0.6) is 0 Å². The van der Waals surface area contributed by atoms with E-state index >= 15 is 0 Å². The standard InChI is InChI=1S/C19H19FO2/c1-12(21)19(13(2)22)16-8-5-7-15(18(16)19)11-10-14-6-3-4-9-17(14)20/h3-7,9-11,15-16,18H,8H2,1-2H3/b11-10+/t15-,16-,18+/m1/s1. The summed E-state index contributed by atoms with van der Waals surface area (Å²) in [6, 6.07) is 6.58. The third kappa shape index (κ3) is 2.07. The number of carbonyl (C=O) groups is 2. The first-order chi connectivity index (χ1) is 10.5. The minimum atomic E-state index is -0.826. The van der Waals surface area contributed by atoms with Crippen molar-refractivity contribution in [2.75, 3.05) is 0 Å². The second kappa shape index (κ2) is 5.31. The second-order valence-electron chi connectivity index (χ2n) is 6.24. The highest BCUT2D eigenvalue weighted by molar-refractivity contribution is 6.09. The average Bonchev–Trinajstić information content (AvgIpc) is 3.17. The van der Waals surface area contributed by atoms with Gasteiger partial charge in [-0.25, -0.2) is 4.39 Å². The third-order valence-corrected chi connectivity index (χ3v) is 5.17. The minimum absolute atomic E-state index is 0.00570. The van der Waals surface area contributed by atoms with Gasteiger partial charge in [0.2, 0.25) is 0 Å². The molecule has 0 unspecified atom stereocenters. The lowest BCUT2D eigenvalue weighted by Crippen LogP contribution is -2.26. The van der Waals surface area contributed by atoms with E-state index in [1.54, 1.807) is 24.3 Å². The maximum Gasteiger partial charge on any atom is 0.143 e. The van der Waals surface area contributed by atoms with Crippen molar-refractivity contribution < 1.29 is 14.0 Å². The SMILES string of the molecule is CC(=O)C1(C(C)=O)[C@H]2[C@@H](/C=C/c3ccccc3F)C=CC[C@H]21. The average molecular weight is 298 g/mol. The molecular weight excluding hydrogens is 279 g/mol. The van der Waals surface area contributed by atoms with Gasteiger partial charge in [0.1, 0.15) is 17.4 Å². The molecule has 3 atom stereocenters. The number of benzene rings is 1. The molecule has 0 amide bonds. The molecule has 1 aromatic rings. The molecule has 0 radical (unpaired) electrons. The molecule has 3 heteroatoms. The lowest BCUT2D eigenvalue weighted by Gasteiger charge is -2.13. The van der Waals surface area contributed by atoms with Gasteiger partial charge >= 0.3 is 0 Å². The quantitative estimate of drug-likeness (QED) is 0.625. The van der Waals surface area contributed by atoms with Gasteiger partial charge in [-0.2, -0.15) is 0 Å². The van der Waals surface area contributed by atoms with Gasteiger partial charge in [-0.15, -0.1) is 0 Å². The number of carbonyl (C=O) groups excluding carboxylic acids is 2. The van der Waals surface area contributed by atoms with Gasteiger partial charge in [0.15, 0.2) is 0 Å². The third-order valence-electron chi connectivity index (χ3n) is 5.17. The maximum atomic E-state index is 13.7. The Bertz CT molecular complexity index is 672. The van der Waals surface area contributed by atoms with Gasteiger partial charge in [0.05, 0.1) is 5.41 Å². The van der Waals surface area contributed by atoms with Crippen LogP contribution in [0, 0.1) is 29.0 Å². The molecule has 22 heavy (non-hydrogen) atoms. The zero-order chi connectivity index (χ0) is 15.9. The van der Waals surface area contributed by atoms with Gasteiger partial charge < -0.3 is 0 Å². The molecule has 3 rings (SSSR count). The Morgan fingerprint density at radius 1 is 1.23 bits per heavy atom. The fraction of sp³-hybridized carbons (Fsp3) is 0.368. The number of hydrogen-bond donors (Lipinski definition) is 0. The largest absolute Gasteiger partial charge is 0.299 e. The van der Waals surface area contributed by atoms with Crippen LogP contribution in [0.2, 0.25) is 0 Å². The zero-order valence-electron chi connectivity index (χ0n) is 12.8.